The second-order valence-corrected chi connectivity index (χ2v) is 4.55. The highest BCUT2D eigenvalue weighted by atomic mass is 16.5. The number of carboxylic acid groups (broad SMARTS) is 1. The standard InChI is InChI=1S/C12H21NO4/c1-9(12(15)16)17-8-11(14)13-10-6-4-2-3-5-7-10/h9-10H,2-8H2,1H3,(H,13,14)(H,15,16)/t9-/m0/s1. The smallest absolute Gasteiger partial charge is 0.332 e. The third-order valence-corrected chi connectivity index (χ3v) is 3.03. The van der Waals surface area contributed by atoms with E-state index >= 15 is 0 Å². The van der Waals surface area contributed by atoms with Gasteiger partial charge < -0.3 is 15.2 Å². The zero-order valence-electron chi connectivity index (χ0n) is 10.3. The molecule has 1 aliphatic carbocycles. The Morgan fingerprint density at radius 1 is 1.29 bits per heavy atom. The van der Waals surface area contributed by atoms with Crippen LogP contribution in [0.25, 0.3) is 0 Å². The largest absolute Gasteiger partial charge is 0.479 e. The van der Waals surface area contributed by atoms with Gasteiger partial charge in [-0.1, -0.05) is 25.7 Å². The summed E-state index contributed by atoms with van der Waals surface area (Å²) in [5.41, 5.74) is 0. The highest BCUT2D eigenvalue weighted by Gasteiger charge is 2.17. The summed E-state index contributed by atoms with van der Waals surface area (Å²) in [7, 11) is 0. The number of nitrogens with one attached hydrogen (secondary N) is 1. The van der Waals surface area contributed by atoms with E-state index in [2.05, 4.69) is 5.32 Å². The number of amides is 1. The van der Waals surface area contributed by atoms with Crippen molar-refractivity contribution in [2.75, 3.05) is 6.61 Å². The van der Waals surface area contributed by atoms with Crippen molar-refractivity contribution < 1.29 is 19.4 Å². The van der Waals surface area contributed by atoms with Crippen molar-refractivity contribution >= 4 is 11.9 Å². The molecule has 0 heterocycles. The van der Waals surface area contributed by atoms with Gasteiger partial charge in [-0.3, -0.25) is 4.79 Å². The molecule has 1 rings (SSSR count). The van der Waals surface area contributed by atoms with Gasteiger partial charge in [0.2, 0.25) is 5.91 Å². The first-order valence-electron chi connectivity index (χ1n) is 6.23. The average molecular weight is 243 g/mol. The van der Waals surface area contributed by atoms with Gasteiger partial charge in [0.05, 0.1) is 0 Å². The number of rotatable bonds is 5. The van der Waals surface area contributed by atoms with E-state index in [0.717, 1.165) is 25.7 Å². The van der Waals surface area contributed by atoms with Crippen LogP contribution in [0.2, 0.25) is 0 Å². The van der Waals surface area contributed by atoms with Crippen LogP contribution in [0.1, 0.15) is 45.4 Å². The molecule has 2 N–H and O–H groups in total. The quantitative estimate of drug-likeness (QED) is 0.714. The average Bonchev–Trinajstić information content (AvgIpc) is 2.54. The molecule has 0 aromatic rings. The number of carboxylic acids is 1. The lowest BCUT2D eigenvalue weighted by Gasteiger charge is -2.16. The lowest BCUT2D eigenvalue weighted by atomic mass is 10.1. The van der Waals surface area contributed by atoms with Crippen molar-refractivity contribution in [2.45, 2.75) is 57.6 Å². The summed E-state index contributed by atoms with van der Waals surface area (Å²) in [6.45, 7) is 1.24. The van der Waals surface area contributed by atoms with Crippen LogP contribution in [-0.2, 0) is 14.3 Å². The third-order valence-electron chi connectivity index (χ3n) is 3.03. The van der Waals surface area contributed by atoms with Gasteiger partial charge in [0.15, 0.2) is 6.10 Å². The SMILES string of the molecule is C[C@H](OCC(=O)NC1CCCCCC1)C(=O)O. The molecule has 0 aliphatic heterocycles. The lowest BCUT2D eigenvalue weighted by Crippen LogP contribution is -2.38. The minimum absolute atomic E-state index is 0.177. The highest BCUT2D eigenvalue weighted by Crippen LogP contribution is 2.16. The number of hydrogen-bond acceptors (Lipinski definition) is 3. The molecule has 1 aliphatic rings. The van der Waals surface area contributed by atoms with Crippen LogP contribution < -0.4 is 5.32 Å². The van der Waals surface area contributed by atoms with Crippen molar-refractivity contribution in [3.8, 4) is 0 Å². The molecule has 1 fully saturated rings. The van der Waals surface area contributed by atoms with E-state index in [4.69, 9.17) is 9.84 Å². The van der Waals surface area contributed by atoms with E-state index in [9.17, 15) is 9.59 Å². The van der Waals surface area contributed by atoms with Crippen molar-refractivity contribution in [1.82, 2.24) is 5.32 Å². The predicted octanol–water partition coefficient (Wildman–Crippen LogP) is 1.32. The molecular formula is C12H21NO4. The molecule has 0 bridgehead atoms. The Balaban J connectivity index is 2.21. The predicted molar refractivity (Wildman–Crippen MR) is 62.7 cm³/mol. The van der Waals surface area contributed by atoms with Crippen molar-refractivity contribution in [2.24, 2.45) is 0 Å². The molecule has 0 radical (unpaired) electrons. The van der Waals surface area contributed by atoms with E-state index in [-0.39, 0.29) is 18.6 Å². The molecular weight excluding hydrogens is 222 g/mol. The molecule has 0 spiro atoms. The van der Waals surface area contributed by atoms with E-state index in [1.807, 2.05) is 0 Å². The Morgan fingerprint density at radius 2 is 1.88 bits per heavy atom. The minimum Gasteiger partial charge on any atom is -0.479 e. The van der Waals surface area contributed by atoms with Crippen molar-refractivity contribution in [3.63, 3.8) is 0 Å². The molecule has 0 aromatic carbocycles. The fraction of sp³-hybridized carbons (Fsp3) is 0.833. The van der Waals surface area contributed by atoms with Crippen LogP contribution in [-0.4, -0.2) is 35.7 Å². The van der Waals surface area contributed by atoms with Crippen LogP contribution in [0, 0.1) is 0 Å². The fourth-order valence-electron chi connectivity index (χ4n) is 1.97. The maximum absolute atomic E-state index is 11.5. The van der Waals surface area contributed by atoms with Gasteiger partial charge in [-0.15, -0.1) is 0 Å². The van der Waals surface area contributed by atoms with Crippen LogP contribution in [0.15, 0.2) is 0 Å². The summed E-state index contributed by atoms with van der Waals surface area (Å²) in [6.07, 6.45) is 5.86. The second kappa shape index (κ2) is 7.27. The minimum atomic E-state index is -1.05. The molecule has 1 amide bonds. The van der Waals surface area contributed by atoms with E-state index in [1.165, 1.54) is 19.8 Å². The maximum Gasteiger partial charge on any atom is 0.332 e. The topological polar surface area (TPSA) is 75.6 Å². The molecule has 0 saturated heterocycles. The van der Waals surface area contributed by atoms with E-state index < -0.39 is 12.1 Å². The maximum atomic E-state index is 11.5. The van der Waals surface area contributed by atoms with Gasteiger partial charge in [-0.2, -0.15) is 0 Å². The molecule has 1 saturated carbocycles. The monoisotopic (exact) mass is 243 g/mol. The summed E-state index contributed by atoms with van der Waals surface area (Å²) in [5, 5.41) is 11.5. The molecule has 98 valence electrons. The first-order valence-corrected chi connectivity index (χ1v) is 6.23. The Labute approximate surface area is 102 Å². The molecule has 17 heavy (non-hydrogen) atoms. The van der Waals surface area contributed by atoms with Crippen molar-refractivity contribution in [1.29, 1.82) is 0 Å². The molecule has 5 heteroatoms. The van der Waals surface area contributed by atoms with Crippen LogP contribution in [0.5, 0.6) is 0 Å². The summed E-state index contributed by atoms with van der Waals surface area (Å²) < 4.78 is 4.93. The molecule has 5 nitrogen and oxygen atoms in total. The number of carbonyl (C=O) groups excluding carboxylic acids is 1. The van der Waals surface area contributed by atoms with Crippen LogP contribution >= 0.6 is 0 Å². The first-order chi connectivity index (χ1) is 8.09. The molecule has 1 atom stereocenters. The van der Waals surface area contributed by atoms with Gasteiger partial charge >= 0.3 is 5.97 Å². The summed E-state index contributed by atoms with van der Waals surface area (Å²) in [4.78, 5) is 22.0. The number of ether oxygens (including phenoxy) is 1. The Bertz CT molecular complexity index is 259. The number of hydrogen-bond donors (Lipinski definition) is 2. The summed E-state index contributed by atoms with van der Waals surface area (Å²) in [5.74, 6) is -1.27. The summed E-state index contributed by atoms with van der Waals surface area (Å²) >= 11 is 0. The molecule has 0 aromatic heterocycles. The Morgan fingerprint density at radius 3 is 2.41 bits per heavy atom. The van der Waals surface area contributed by atoms with Gasteiger partial charge in [0.1, 0.15) is 6.61 Å². The molecule has 0 unspecified atom stereocenters. The van der Waals surface area contributed by atoms with Gasteiger partial charge in [0.25, 0.3) is 0 Å². The van der Waals surface area contributed by atoms with Crippen LogP contribution in [0.4, 0.5) is 0 Å². The number of carbonyl (C=O) groups is 2. The fourth-order valence-corrected chi connectivity index (χ4v) is 1.97. The lowest BCUT2D eigenvalue weighted by molar-refractivity contribution is -0.150. The number of aliphatic carboxylic acids is 1. The highest BCUT2D eigenvalue weighted by molar-refractivity contribution is 5.78. The van der Waals surface area contributed by atoms with Gasteiger partial charge in [-0.25, -0.2) is 4.79 Å². The Kier molecular flexibility index (Phi) is 5.97. The normalized spacial score (nSPS) is 19.4. The zero-order valence-corrected chi connectivity index (χ0v) is 10.3. The third kappa shape index (κ3) is 5.68. The second-order valence-electron chi connectivity index (χ2n) is 4.55. The van der Waals surface area contributed by atoms with Crippen molar-refractivity contribution in [3.05, 3.63) is 0 Å². The van der Waals surface area contributed by atoms with E-state index in [0.29, 0.717) is 0 Å². The summed E-state index contributed by atoms with van der Waals surface area (Å²) in [6, 6.07) is 0.230. The first kappa shape index (κ1) is 14.0. The van der Waals surface area contributed by atoms with Gasteiger partial charge in [0, 0.05) is 6.04 Å². The van der Waals surface area contributed by atoms with Gasteiger partial charge in [-0.05, 0) is 19.8 Å². The van der Waals surface area contributed by atoms with Crippen LogP contribution in [0.3, 0.4) is 0 Å². The Hall–Kier alpha value is -1.10. The zero-order chi connectivity index (χ0) is 12.7. The van der Waals surface area contributed by atoms with E-state index in [1.54, 1.807) is 0 Å².